The number of carbonyl (C=O) groups is 3. The zero-order valence-corrected chi connectivity index (χ0v) is 21.4. The Balaban J connectivity index is 1.07. The molecule has 1 N–H and O–H groups in total. The Bertz CT molecular complexity index is 1610. The fourth-order valence-corrected chi connectivity index (χ4v) is 6.03. The number of nitrogens with one attached hydrogen (secondary N) is 1. The monoisotopic (exact) mass is 520 g/mol. The second-order valence-corrected chi connectivity index (χ2v) is 10.7. The molecule has 1 saturated heterocycles. The van der Waals surface area contributed by atoms with Gasteiger partial charge in [0.2, 0.25) is 11.8 Å². The first-order chi connectivity index (χ1) is 19.0. The molecule has 2 aliphatic heterocycles. The summed E-state index contributed by atoms with van der Waals surface area (Å²) in [5.74, 6) is -0.900. The molecule has 3 heterocycles. The molecule has 8 heteroatoms. The lowest BCUT2D eigenvalue weighted by Crippen LogP contribution is -2.53. The van der Waals surface area contributed by atoms with Gasteiger partial charge in [-0.1, -0.05) is 48.5 Å². The minimum absolute atomic E-state index is 0.191. The number of anilines is 1. The zero-order valence-electron chi connectivity index (χ0n) is 21.4. The SMILES string of the molecule is O=C1CCC(N2C(=O)c3cccc4c(Cc5cnn(C6CC(OCc7ccccc7)C6)c5)ccc2c34)C(=O)N1. The lowest BCUT2D eigenvalue weighted by Gasteiger charge is -2.35. The van der Waals surface area contributed by atoms with Crippen LogP contribution in [0.2, 0.25) is 0 Å². The van der Waals surface area contributed by atoms with Crippen molar-refractivity contribution in [3.63, 3.8) is 0 Å². The van der Waals surface area contributed by atoms with Gasteiger partial charge in [0.15, 0.2) is 0 Å². The van der Waals surface area contributed by atoms with E-state index in [2.05, 4.69) is 28.7 Å². The van der Waals surface area contributed by atoms with Crippen molar-refractivity contribution >= 4 is 34.2 Å². The quantitative estimate of drug-likeness (QED) is 0.367. The summed E-state index contributed by atoms with van der Waals surface area (Å²) in [5.41, 5.74) is 4.73. The highest BCUT2D eigenvalue weighted by Gasteiger charge is 2.41. The lowest BCUT2D eigenvalue weighted by molar-refractivity contribution is -0.134. The van der Waals surface area contributed by atoms with Crippen LogP contribution in [0.5, 0.6) is 0 Å². The first kappa shape index (κ1) is 23.8. The van der Waals surface area contributed by atoms with Crippen LogP contribution in [0.25, 0.3) is 10.8 Å². The molecule has 0 bridgehead atoms. The summed E-state index contributed by atoms with van der Waals surface area (Å²) in [5, 5.41) is 8.89. The van der Waals surface area contributed by atoms with Crippen LogP contribution in [0.4, 0.5) is 5.69 Å². The van der Waals surface area contributed by atoms with Crippen molar-refractivity contribution in [2.24, 2.45) is 0 Å². The Kier molecular flexibility index (Phi) is 5.77. The maximum Gasteiger partial charge on any atom is 0.259 e. The topological polar surface area (TPSA) is 93.5 Å². The Morgan fingerprint density at radius 2 is 1.79 bits per heavy atom. The molecule has 1 unspecified atom stereocenters. The largest absolute Gasteiger partial charge is 0.373 e. The molecule has 8 nitrogen and oxygen atoms in total. The summed E-state index contributed by atoms with van der Waals surface area (Å²) in [7, 11) is 0. The number of piperidine rings is 1. The molecule has 39 heavy (non-hydrogen) atoms. The van der Waals surface area contributed by atoms with Crippen molar-refractivity contribution in [1.29, 1.82) is 0 Å². The summed E-state index contributed by atoms with van der Waals surface area (Å²) in [6.07, 6.45) is 7.43. The average Bonchev–Trinajstić information content (AvgIpc) is 3.49. The molecule has 0 radical (unpaired) electrons. The van der Waals surface area contributed by atoms with E-state index in [1.54, 1.807) is 4.90 Å². The van der Waals surface area contributed by atoms with Crippen LogP contribution in [-0.2, 0) is 27.4 Å². The second kappa shape index (κ2) is 9.47. The Labute approximate surface area is 225 Å². The summed E-state index contributed by atoms with van der Waals surface area (Å²) < 4.78 is 8.10. The number of carbonyl (C=O) groups excluding carboxylic acids is 3. The van der Waals surface area contributed by atoms with Crippen LogP contribution < -0.4 is 10.2 Å². The lowest BCUT2D eigenvalue weighted by atomic mass is 9.89. The third-order valence-corrected chi connectivity index (χ3v) is 8.16. The second-order valence-electron chi connectivity index (χ2n) is 10.7. The van der Waals surface area contributed by atoms with Crippen LogP contribution >= 0.6 is 0 Å². The van der Waals surface area contributed by atoms with Crippen LogP contribution in [0.1, 0.15) is 58.8 Å². The molecule has 2 fully saturated rings. The molecule has 0 spiro atoms. The summed E-state index contributed by atoms with van der Waals surface area (Å²) in [6.45, 7) is 0.636. The number of hydrogen-bond acceptors (Lipinski definition) is 5. The van der Waals surface area contributed by atoms with E-state index in [9.17, 15) is 14.4 Å². The van der Waals surface area contributed by atoms with E-state index in [0.29, 0.717) is 31.1 Å². The van der Waals surface area contributed by atoms with Crippen molar-refractivity contribution in [3.8, 4) is 0 Å². The third kappa shape index (κ3) is 4.21. The number of amides is 3. The molecule has 1 atom stereocenters. The highest BCUT2D eigenvalue weighted by molar-refractivity contribution is 6.27. The maximum absolute atomic E-state index is 13.4. The van der Waals surface area contributed by atoms with Gasteiger partial charge in [-0.25, -0.2) is 0 Å². The molecule has 4 aromatic rings. The number of rotatable bonds is 7. The average molecular weight is 521 g/mol. The smallest absolute Gasteiger partial charge is 0.259 e. The first-order valence-electron chi connectivity index (χ1n) is 13.5. The van der Waals surface area contributed by atoms with Gasteiger partial charge in [0.25, 0.3) is 5.91 Å². The van der Waals surface area contributed by atoms with Crippen molar-refractivity contribution in [1.82, 2.24) is 15.1 Å². The third-order valence-electron chi connectivity index (χ3n) is 8.16. The Morgan fingerprint density at radius 3 is 2.62 bits per heavy atom. The van der Waals surface area contributed by atoms with Gasteiger partial charge >= 0.3 is 0 Å². The van der Waals surface area contributed by atoms with Crippen LogP contribution in [0, 0.1) is 0 Å². The van der Waals surface area contributed by atoms with E-state index < -0.39 is 11.9 Å². The van der Waals surface area contributed by atoms with Crippen LogP contribution in [0.15, 0.2) is 73.1 Å². The number of hydrogen-bond donors (Lipinski definition) is 1. The predicted octanol–water partition coefficient (Wildman–Crippen LogP) is 4.31. The molecular formula is C31H28N4O4. The van der Waals surface area contributed by atoms with Gasteiger partial charge in [-0.05, 0) is 53.5 Å². The van der Waals surface area contributed by atoms with E-state index in [1.807, 2.05) is 59.4 Å². The van der Waals surface area contributed by atoms with E-state index in [1.165, 1.54) is 5.56 Å². The highest BCUT2D eigenvalue weighted by Crippen LogP contribution is 2.41. The van der Waals surface area contributed by atoms with Gasteiger partial charge in [0.1, 0.15) is 6.04 Å². The molecule has 7 rings (SSSR count). The van der Waals surface area contributed by atoms with Crippen molar-refractivity contribution < 1.29 is 19.1 Å². The van der Waals surface area contributed by atoms with E-state index in [0.717, 1.165) is 40.4 Å². The standard InChI is InChI=1S/C31H28N4O4/c36-28-12-11-27(30(37)33-28)35-26-10-9-21(24-7-4-8-25(29(24)26)31(35)38)13-20-16-32-34(17-20)22-14-23(15-22)39-18-19-5-2-1-3-6-19/h1-10,16-17,22-23,27H,11-15,18H2,(H,33,36,37). The van der Waals surface area contributed by atoms with Gasteiger partial charge in [0, 0.05) is 30.0 Å². The highest BCUT2D eigenvalue weighted by atomic mass is 16.5. The molecule has 3 aliphatic rings. The summed E-state index contributed by atoms with van der Waals surface area (Å²) in [6, 6.07) is 19.6. The predicted molar refractivity (Wildman–Crippen MR) is 145 cm³/mol. The van der Waals surface area contributed by atoms with Gasteiger partial charge in [-0.2, -0.15) is 5.10 Å². The maximum atomic E-state index is 13.4. The fraction of sp³-hybridized carbons (Fsp3) is 0.290. The van der Waals surface area contributed by atoms with Gasteiger partial charge < -0.3 is 4.74 Å². The molecule has 1 aromatic heterocycles. The van der Waals surface area contributed by atoms with E-state index in [4.69, 9.17) is 4.74 Å². The van der Waals surface area contributed by atoms with Gasteiger partial charge in [-0.15, -0.1) is 0 Å². The molecule has 1 saturated carbocycles. The zero-order chi connectivity index (χ0) is 26.5. The van der Waals surface area contributed by atoms with Crippen LogP contribution in [-0.4, -0.2) is 39.6 Å². The summed E-state index contributed by atoms with van der Waals surface area (Å²) >= 11 is 0. The fourth-order valence-electron chi connectivity index (χ4n) is 6.03. The number of imide groups is 1. The summed E-state index contributed by atoms with van der Waals surface area (Å²) in [4.78, 5) is 39.2. The minimum atomic E-state index is -0.683. The number of ether oxygens (including phenoxy) is 1. The molecular weight excluding hydrogens is 492 g/mol. The first-order valence-corrected chi connectivity index (χ1v) is 13.5. The Hall–Kier alpha value is -4.30. The molecule has 196 valence electrons. The van der Waals surface area contributed by atoms with Crippen molar-refractivity contribution in [3.05, 3.63) is 95.3 Å². The normalized spacial score (nSPS) is 22.3. The number of nitrogens with zero attached hydrogens (tertiary/aromatic N) is 3. The molecule has 3 aromatic carbocycles. The minimum Gasteiger partial charge on any atom is -0.373 e. The number of benzene rings is 3. The number of aromatic nitrogens is 2. The molecule has 3 amide bonds. The van der Waals surface area contributed by atoms with E-state index >= 15 is 0 Å². The van der Waals surface area contributed by atoms with E-state index in [-0.39, 0.29) is 24.3 Å². The van der Waals surface area contributed by atoms with Gasteiger partial charge in [-0.3, -0.25) is 29.3 Å². The van der Waals surface area contributed by atoms with Gasteiger partial charge in [0.05, 0.1) is 30.6 Å². The Morgan fingerprint density at radius 1 is 0.949 bits per heavy atom. The molecule has 1 aliphatic carbocycles. The van der Waals surface area contributed by atoms with Crippen molar-refractivity contribution in [2.45, 2.75) is 56.9 Å². The van der Waals surface area contributed by atoms with Crippen LogP contribution in [0.3, 0.4) is 0 Å². The van der Waals surface area contributed by atoms with Crippen molar-refractivity contribution in [2.75, 3.05) is 4.90 Å².